The molecule has 1 aromatic heterocycles. The first-order valence-electron chi connectivity index (χ1n) is 7.28. The van der Waals surface area contributed by atoms with Crippen molar-refractivity contribution in [2.45, 2.75) is 13.1 Å². The van der Waals surface area contributed by atoms with Crippen LogP contribution in [0.15, 0.2) is 67.3 Å². The van der Waals surface area contributed by atoms with Crippen molar-refractivity contribution in [1.82, 2.24) is 14.9 Å². The minimum Gasteiger partial charge on any atom is -0.348 e. The summed E-state index contributed by atoms with van der Waals surface area (Å²) in [7, 11) is 0. The monoisotopic (exact) mass is 309 g/mol. The SMILES string of the molecule is O=C(NCc1ccc(Cn2ccnc2)cc1)c1ccc(F)cc1. The molecular weight excluding hydrogens is 293 g/mol. The van der Waals surface area contributed by atoms with E-state index in [1.807, 2.05) is 35.0 Å². The van der Waals surface area contributed by atoms with Gasteiger partial charge in [-0.25, -0.2) is 9.37 Å². The average molecular weight is 309 g/mol. The minimum absolute atomic E-state index is 0.215. The molecule has 2 aromatic carbocycles. The number of aromatic nitrogens is 2. The van der Waals surface area contributed by atoms with Gasteiger partial charge in [0.05, 0.1) is 6.33 Å². The van der Waals surface area contributed by atoms with Gasteiger partial charge in [0.1, 0.15) is 5.82 Å². The van der Waals surface area contributed by atoms with E-state index in [1.54, 1.807) is 12.5 Å². The Balaban J connectivity index is 1.56. The van der Waals surface area contributed by atoms with E-state index in [2.05, 4.69) is 10.3 Å². The van der Waals surface area contributed by atoms with E-state index in [0.717, 1.165) is 17.7 Å². The van der Waals surface area contributed by atoms with Crippen LogP contribution in [0.1, 0.15) is 21.5 Å². The van der Waals surface area contributed by atoms with Crippen molar-refractivity contribution in [2.75, 3.05) is 0 Å². The van der Waals surface area contributed by atoms with Crippen LogP contribution in [0.5, 0.6) is 0 Å². The van der Waals surface area contributed by atoms with Crippen LogP contribution in [-0.2, 0) is 13.1 Å². The number of hydrogen-bond acceptors (Lipinski definition) is 2. The maximum Gasteiger partial charge on any atom is 0.251 e. The van der Waals surface area contributed by atoms with Crippen LogP contribution >= 0.6 is 0 Å². The zero-order valence-corrected chi connectivity index (χ0v) is 12.4. The van der Waals surface area contributed by atoms with Crippen molar-refractivity contribution in [2.24, 2.45) is 0 Å². The Morgan fingerprint density at radius 3 is 2.39 bits per heavy atom. The topological polar surface area (TPSA) is 46.9 Å². The highest BCUT2D eigenvalue weighted by Crippen LogP contribution is 2.07. The summed E-state index contributed by atoms with van der Waals surface area (Å²) in [6, 6.07) is 13.5. The Morgan fingerprint density at radius 1 is 1.04 bits per heavy atom. The van der Waals surface area contributed by atoms with E-state index in [-0.39, 0.29) is 11.7 Å². The molecule has 1 N–H and O–H groups in total. The zero-order chi connectivity index (χ0) is 16.1. The molecule has 0 unspecified atom stereocenters. The van der Waals surface area contributed by atoms with Crippen molar-refractivity contribution in [3.05, 3.63) is 89.8 Å². The molecule has 0 aliphatic carbocycles. The van der Waals surface area contributed by atoms with Gasteiger partial charge in [0.2, 0.25) is 0 Å². The molecule has 0 fully saturated rings. The summed E-state index contributed by atoms with van der Waals surface area (Å²) < 4.78 is 14.8. The summed E-state index contributed by atoms with van der Waals surface area (Å²) in [6.07, 6.45) is 5.44. The lowest BCUT2D eigenvalue weighted by atomic mass is 10.1. The Hall–Kier alpha value is -2.95. The maximum absolute atomic E-state index is 12.8. The van der Waals surface area contributed by atoms with Crippen LogP contribution in [0.25, 0.3) is 0 Å². The van der Waals surface area contributed by atoms with E-state index < -0.39 is 0 Å². The Labute approximate surface area is 133 Å². The van der Waals surface area contributed by atoms with Gasteiger partial charge in [-0.1, -0.05) is 24.3 Å². The second-order valence-corrected chi connectivity index (χ2v) is 5.24. The summed E-state index contributed by atoms with van der Waals surface area (Å²) >= 11 is 0. The fourth-order valence-corrected chi connectivity index (χ4v) is 2.24. The normalized spacial score (nSPS) is 10.5. The molecule has 0 saturated carbocycles. The molecule has 1 heterocycles. The third kappa shape index (κ3) is 4.03. The summed E-state index contributed by atoms with van der Waals surface area (Å²) in [5.74, 6) is -0.567. The smallest absolute Gasteiger partial charge is 0.251 e. The van der Waals surface area contributed by atoms with Crippen molar-refractivity contribution in [1.29, 1.82) is 0 Å². The fourth-order valence-electron chi connectivity index (χ4n) is 2.24. The van der Waals surface area contributed by atoms with Gasteiger partial charge in [-0.15, -0.1) is 0 Å². The molecule has 0 bridgehead atoms. The molecule has 4 nitrogen and oxygen atoms in total. The summed E-state index contributed by atoms with van der Waals surface area (Å²) in [5, 5.41) is 2.82. The van der Waals surface area contributed by atoms with Gasteiger partial charge in [-0.2, -0.15) is 0 Å². The number of nitrogens with one attached hydrogen (secondary N) is 1. The van der Waals surface area contributed by atoms with Crippen molar-refractivity contribution < 1.29 is 9.18 Å². The number of rotatable bonds is 5. The van der Waals surface area contributed by atoms with E-state index in [4.69, 9.17) is 0 Å². The first-order valence-corrected chi connectivity index (χ1v) is 7.28. The summed E-state index contributed by atoms with van der Waals surface area (Å²) in [5.41, 5.74) is 2.62. The number of benzene rings is 2. The van der Waals surface area contributed by atoms with Crippen LogP contribution in [0.4, 0.5) is 4.39 Å². The number of halogens is 1. The minimum atomic E-state index is -0.352. The number of amides is 1. The molecule has 0 saturated heterocycles. The van der Waals surface area contributed by atoms with Crippen LogP contribution in [0.3, 0.4) is 0 Å². The van der Waals surface area contributed by atoms with Crippen LogP contribution < -0.4 is 5.32 Å². The van der Waals surface area contributed by atoms with Crippen LogP contribution in [0, 0.1) is 5.82 Å². The molecule has 0 spiro atoms. The fraction of sp³-hybridized carbons (Fsp3) is 0.111. The Bertz CT molecular complexity index is 765. The molecular formula is C18H16FN3O. The second kappa shape index (κ2) is 6.87. The van der Waals surface area contributed by atoms with Crippen molar-refractivity contribution in [3.63, 3.8) is 0 Å². The van der Waals surface area contributed by atoms with Gasteiger partial charge in [-0.3, -0.25) is 4.79 Å². The van der Waals surface area contributed by atoms with Crippen LogP contribution in [-0.4, -0.2) is 15.5 Å². The van der Waals surface area contributed by atoms with E-state index in [9.17, 15) is 9.18 Å². The average Bonchev–Trinajstić information content (AvgIpc) is 3.07. The number of hydrogen-bond donors (Lipinski definition) is 1. The van der Waals surface area contributed by atoms with E-state index in [1.165, 1.54) is 24.3 Å². The molecule has 3 rings (SSSR count). The van der Waals surface area contributed by atoms with E-state index >= 15 is 0 Å². The lowest BCUT2D eigenvalue weighted by Crippen LogP contribution is -2.22. The predicted octanol–water partition coefficient (Wildman–Crippen LogP) is 3.00. The summed E-state index contributed by atoms with van der Waals surface area (Å²) in [6.45, 7) is 1.20. The lowest BCUT2D eigenvalue weighted by Gasteiger charge is -2.07. The zero-order valence-electron chi connectivity index (χ0n) is 12.4. The van der Waals surface area contributed by atoms with Gasteiger partial charge in [-0.05, 0) is 35.4 Å². The van der Waals surface area contributed by atoms with Gasteiger partial charge in [0.15, 0.2) is 0 Å². The summed E-state index contributed by atoms with van der Waals surface area (Å²) in [4.78, 5) is 16.0. The standard InChI is InChI=1S/C18H16FN3O/c19-17-7-5-16(6-8-17)18(23)21-11-14-1-3-15(4-2-14)12-22-10-9-20-13-22/h1-10,13H,11-12H2,(H,21,23). The molecule has 1 amide bonds. The van der Waals surface area contributed by atoms with Gasteiger partial charge in [0.25, 0.3) is 5.91 Å². The predicted molar refractivity (Wildman–Crippen MR) is 85.3 cm³/mol. The number of nitrogens with zero attached hydrogens (tertiary/aromatic N) is 2. The lowest BCUT2D eigenvalue weighted by molar-refractivity contribution is 0.0951. The van der Waals surface area contributed by atoms with Crippen LogP contribution in [0.2, 0.25) is 0 Å². The maximum atomic E-state index is 12.8. The molecule has 0 aliphatic rings. The highest BCUT2D eigenvalue weighted by molar-refractivity contribution is 5.94. The van der Waals surface area contributed by atoms with E-state index in [0.29, 0.717) is 12.1 Å². The van der Waals surface area contributed by atoms with Gasteiger partial charge in [0, 0.05) is 31.0 Å². The quantitative estimate of drug-likeness (QED) is 0.787. The second-order valence-electron chi connectivity index (χ2n) is 5.24. The van der Waals surface area contributed by atoms with Crippen molar-refractivity contribution in [3.8, 4) is 0 Å². The third-order valence-electron chi connectivity index (χ3n) is 3.51. The van der Waals surface area contributed by atoms with Crippen molar-refractivity contribution >= 4 is 5.91 Å². The number of carbonyl (C=O) groups excluding carboxylic acids is 1. The first-order chi connectivity index (χ1) is 11.2. The Morgan fingerprint density at radius 2 is 1.74 bits per heavy atom. The molecule has 0 radical (unpaired) electrons. The molecule has 23 heavy (non-hydrogen) atoms. The molecule has 3 aromatic rings. The largest absolute Gasteiger partial charge is 0.348 e. The number of carbonyl (C=O) groups is 1. The van der Waals surface area contributed by atoms with Gasteiger partial charge < -0.3 is 9.88 Å². The highest BCUT2D eigenvalue weighted by atomic mass is 19.1. The highest BCUT2D eigenvalue weighted by Gasteiger charge is 2.05. The number of imidazole rings is 1. The van der Waals surface area contributed by atoms with Gasteiger partial charge >= 0.3 is 0 Å². The molecule has 116 valence electrons. The Kier molecular flexibility index (Phi) is 4.47. The molecule has 5 heteroatoms. The third-order valence-corrected chi connectivity index (χ3v) is 3.51. The molecule has 0 atom stereocenters. The molecule has 0 aliphatic heterocycles. The first kappa shape index (κ1) is 15.0.